The fraction of sp³-hybridized carbons (Fsp3) is 0.417. The molecule has 0 fully saturated rings. The van der Waals surface area contributed by atoms with E-state index >= 15 is 0 Å². The molecular formula is C12H17N3O2S. The number of rotatable bonds is 6. The number of nitriles is 1. The molecule has 5 nitrogen and oxygen atoms in total. The Labute approximate surface area is 108 Å². The molecule has 0 unspecified atom stereocenters. The van der Waals surface area contributed by atoms with Crippen molar-refractivity contribution in [1.82, 2.24) is 9.62 Å². The minimum atomic E-state index is -3.38. The molecule has 0 bridgehead atoms. The van der Waals surface area contributed by atoms with Crippen LogP contribution in [0, 0.1) is 11.3 Å². The summed E-state index contributed by atoms with van der Waals surface area (Å²) in [5, 5.41) is 11.8. The second-order valence-corrected chi connectivity index (χ2v) is 6.03. The second-order valence-electron chi connectivity index (χ2n) is 3.95. The molecule has 18 heavy (non-hydrogen) atoms. The van der Waals surface area contributed by atoms with Gasteiger partial charge in [-0.3, -0.25) is 0 Å². The predicted molar refractivity (Wildman–Crippen MR) is 70.3 cm³/mol. The van der Waals surface area contributed by atoms with E-state index in [4.69, 9.17) is 5.26 Å². The largest absolute Gasteiger partial charge is 0.318 e. The van der Waals surface area contributed by atoms with E-state index < -0.39 is 10.0 Å². The first-order valence-corrected chi connectivity index (χ1v) is 7.19. The van der Waals surface area contributed by atoms with Crippen molar-refractivity contribution < 1.29 is 8.42 Å². The Kier molecular flexibility index (Phi) is 5.28. The number of nitrogens with zero attached hydrogens (tertiary/aromatic N) is 2. The van der Waals surface area contributed by atoms with Gasteiger partial charge in [0, 0.05) is 20.1 Å². The van der Waals surface area contributed by atoms with E-state index in [1.807, 2.05) is 6.07 Å². The molecule has 0 spiro atoms. The lowest BCUT2D eigenvalue weighted by Crippen LogP contribution is -2.33. The van der Waals surface area contributed by atoms with Crippen LogP contribution in [0.4, 0.5) is 0 Å². The summed E-state index contributed by atoms with van der Waals surface area (Å²) in [7, 11) is -0.0633. The molecule has 0 amide bonds. The molecule has 98 valence electrons. The Morgan fingerprint density at radius 1 is 1.39 bits per heavy atom. The van der Waals surface area contributed by atoms with Gasteiger partial charge in [-0.15, -0.1) is 0 Å². The van der Waals surface area contributed by atoms with Crippen LogP contribution in [0.1, 0.15) is 11.1 Å². The van der Waals surface area contributed by atoms with Crippen molar-refractivity contribution in [3.8, 4) is 6.07 Å². The molecule has 0 radical (unpaired) electrons. The van der Waals surface area contributed by atoms with Crippen LogP contribution in [0.15, 0.2) is 24.3 Å². The zero-order chi connectivity index (χ0) is 13.6. The normalized spacial score (nSPS) is 11.4. The molecule has 1 aromatic rings. The van der Waals surface area contributed by atoms with Crippen molar-refractivity contribution in [1.29, 1.82) is 5.26 Å². The Hall–Kier alpha value is -1.42. The maximum absolute atomic E-state index is 12.1. The molecule has 1 rings (SSSR count). The smallest absolute Gasteiger partial charge is 0.218 e. The lowest BCUT2D eigenvalue weighted by molar-refractivity contribution is 0.465. The SMILES string of the molecule is CNCCN(C)S(=O)(=O)Cc1ccccc1C#N. The molecule has 0 atom stereocenters. The van der Waals surface area contributed by atoms with E-state index in [1.54, 1.807) is 38.4 Å². The number of hydrogen-bond acceptors (Lipinski definition) is 4. The fourth-order valence-corrected chi connectivity index (χ4v) is 2.70. The Morgan fingerprint density at radius 3 is 2.67 bits per heavy atom. The first-order valence-electron chi connectivity index (χ1n) is 5.58. The molecule has 0 heterocycles. The van der Waals surface area contributed by atoms with Crippen LogP contribution in [0.25, 0.3) is 0 Å². The Morgan fingerprint density at radius 2 is 2.06 bits per heavy atom. The third kappa shape index (κ3) is 3.81. The average Bonchev–Trinajstić information content (AvgIpc) is 2.36. The van der Waals surface area contributed by atoms with E-state index in [0.717, 1.165) is 0 Å². The van der Waals surface area contributed by atoms with Gasteiger partial charge in [0.05, 0.1) is 17.4 Å². The Bertz CT molecular complexity index is 534. The monoisotopic (exact) mass is 267 g/mol. The van der Waals surface area contributed by atoms with Crippen molar-refractivity contribution in [3.05, 3.63) is 35.4 Å². The predicted octanol–water partition coefficient (Wildman–Crippen LogP) is 0.539. The quantitative estimate of drug-likeness (QED) is 0.816. The summed E-state index contributed by atoms with van der Waals surface area (Å²) in [6.45, 7) is 1.00. The van der Waals surface area contributed by atoms with Crippen molar-refractivity contribution >= 4 is 10.0 Å². The summed E-state index contributed by atoms with van der Waals surface area (Å²) in [6.07, 6.45) is 0. The van der Waals surface area contributed by atoms with Crippen LogP contribution in [-0.4, -0.2) is 39.9 Å². The summed E-state index contributed by atoms with van der Waals surface area (Å²) >= 11 is 0. The van der Waals surface area contributed by atoms with Gasteiger partial charge in [0.1, 0.15) is 0 Å². The lowest BCUT2D eigenvalue weighted by atomic mass is 10.1. The third-order valence-electron chi connectivity index (χ3n) is 2.63. The summed E-state index contributed by atoms with van der Waals surface area (Å²) in [5.41, 5.74) is 0.944. The first-order chi connectivity index (χ1) is 8.51. The highest BCUT2D eigenvalue weighted by molar-refractivity contribution is 7.88. The molecule has 0 saturated heterocycles. The van der Waals surface area contributed by atoms with Crippen molar-refractivity contribution in [2.75, 3.05) is 27.2 Å². The summed E-state index contributed by atoms with van der Waals surface area (Å²) in [4.78, 5) is 0. The van der Waals surface area contributed by atoms with Crippen LogP contribution < -0.4 is 5.32 Å². The lowest BCUT2D eigenvalue weighted by Gasteiger charge is -2.17. The highest BCUT2D eigenvalue weighted by Crippen LogP contribution is 2.13. The first kappa shape index (κ1) is 14.6. The molecule has 1 aromatic carbocycles. The molecule has 0 saturated carbocycles. The molecule has 0 aliphatic carbocycles. The molecular weight excluding hydrogens is 250 g/mol. The molecule has 6 heteroatoms. The maximum atomic E-state index is 12.1. The maximum Gasteiger partial charge on any atom is 0.218 e. The number of likely N-dealkylation sites (N-methyl/N-ethyl adjacent to an activating group) is 2. The fourth-order valence-electron chi connectivity index (χ4n) is 1.47. The van der Waals surface area contributed by atoms with Gasteiger partial charge in [0.2, 0.25) is 10.0 Å². The van der Waals surface area contributed by atoms with Crippen molar-refractivity contribution in [2.24, 2.45) is 0 Å². The standard InChI is InChI=1S/C12H17N3O2S/c1-14-7-8-15(2)18(16,17)10-12-6-4-3-5-11(12)9-13/h3-6,14H,7-8,10H2,1-2H3. The third-order valence-corrected chi connectivity index (χ3v) is 4.44. The zero-order valence-electron chi connectivity index (χ0n) is 10.5. The van der Waals surface area contributed by atoms with Crippen LogP contribution in [0.5, 0.6) is 0 Å². The summed E-state index contributed by atoms with van der Waals surface area (Å²) in [6, 6.07) is 8.75. The van der Waals surface area contributed by atoms with Gasteiger partial charge in [-0.2, -0.15) is 5.26 Å². The minimum absolute atomic E-state index is 0.142. The minimum Gasteiger partial charge on any atom is -0.318 e. The molecule has 0 aliphatic heterocycles. The van der Waals surface area contributed by atoms with Gasteiger partial charge >= 0.3 is 0 Å². The van der Waals surface area contributed by atoms with E-state index in [2.05, 4.69) is 5.32 Å². The topological polar surface area (TPSA) is 73.2 Å². The average molecular weight is 267 g/mol. The highest BCUT2D eigenvalue weighted by Gasteiger charge is 2.19. The summed E-state index contributed by atoms with van der Waals surface area (Å²) in [5.74, 6) is -0.142. The van der Waals surface area contributed by atoms with Crippen LogP contribution in [0.2, 0.25) is 0 Å². The number of benzene rings is 1. The molecule has 1 N–H and O–H groups in total. The van der Waals surface area contributed by atoms with Gasteiger partial charge in [-0.05, 0) is 18.7 Å². The van der Waals surface area contributed by atoms with Crippen LogP contribution >= 0.6 is 0 Å². The van der Waals surface area contributed by atoms with Crippen molar-refractivity contribution in [2.45, 2.75) is 5.75 Å². The Balaban J connectivity index is 2.86. The van der Waals surface area contributed by atoms with Gasteiger partial charge in [0.25, 0.3) is 0 Å². The molecule has 0 aromatic heterocycles. The van der Waals surface area contributed by atoms with Gasteiger partial charge in [0.15, 0.2) is 0 Å². The molecule has 0 aliphatic rings. The van der Waals surface area contributed by atoms with Gasteiger partial charge in [-0.1, -0.05) is 18.2 Å². The van der Waals surface area contributed by atoms with Gasteiger partial charge < -0.3 is 5.32 Å². The van der Waals surface area contributed by atoms with E-state index in [9.17, 15) is 8.42 Å². The van der Waals surface area contributed by atoms with Crippen molar-refractivity contribution in [3.63, 3.8) is 0 Å². The number of sulfonamides is 1. The second kappa shape index (κ2) is 6.50. The number of nitrogens with one attached hydrogen (secondary N) is 1. The highest BCUT2D eigenvalue weighted by atomic mass is 32.2. The van der Waals surface area contributed by atoms with Crippen LogP contribution in [-0.2, 0) is 15.8 Å². The zero-order valence-corrected chi connectivity index (χ0v) is 11.4. The van der Waals surface area contributed by atoms with Crippen LogP contribution in [0.3, 0.4) is 0 Å². The number of hydrogen-bond donors (Lipinski definition) is 1. The summed E-state index contributed by atoms with van der Waals surface area (Å²) < 4.78 is 25.4. The van der Waals surface area contributed by atoms with E-state index in [0.29, 0.717) is 24.2 Å². The van der Waals surface area contributed by atoms with E-state index in [-0.39, 0.29) is 5.75 Å². The van der Waals surface area contributed by atoms with Gasteiger partial charge in [-0.25, -0.2) is 12.7 Å². The van der Waals surface area contributed by atoms with E-state index in [1.165, 1.54) is 4.31 Å².